The lowest BCUT2D eigenvalue weighted by Gasteiger charge is -2.40. The van der Waals surface area contributed by atoms with Gasteiger partial charge in [0.1, 0.15) is 23.7 Å². The first kappa shape index (κ1) is 40.9. The maximum Gasteiger partial charge on any atom is 0.408 e. The molecule has 2 bridgehead atoms. The van der Waals surface area contributed by atoms with Gasteiger partial charge in [-0.05, 0) is 69.3 Å². The van der Waals surface area contributed by atoms with E-state index in [9.17, 15) is 33.6 Å². The van der Waals surface area contributed by atoms with Crippen LogP contribution in [0, 0.1) is 17.3 Å². The average Bonchev–Trinajstić information content (AvgIpc) is 3.65. The SMILES string of the molecule is CC(C)CC(NC(=O)C1C2CCC(C2)N1C(=O)[C@H](NC(=O)OC(C)(C)C)C(C)(C)C)C(=O)C(=O)NCC(=O)NC(C(=O)N(C)C)c1ccccc1. The van der Waals surface area contributed by atoms with Gasteiger partial charge in [-0.3, -0.25) is 28.8 Å². The number of rotatable bonds is 13. The zero-order valence-electron chi connectivity index (χ0n) is 31.6. The monoisotopic (exact) mass is 712 g/mol. The third kappa shape index (κ3) is 11.0. The molecule has 2 aliphatic rings. The van der Waals surface area contributed by atoms with E-state index in [0.717, 1.165) is 0 Å². The van der Waals surface area contributed by atoms with Crippen molar-refractivity contribution in [3.63, 3.8) is 0 Å². The lowest BCUT2D eigenvalue weighted by Crippen LogP contribution is -2.62. The van der Waals surface area contributed by atoms with Crippen molar-refractivity contribution in [2.24, 2.45) is 17.3 Å². The first-order valence-electron chi connectivity index (χ1n) is 17.6. The summed E-state index contributed by atoms with van der Waals surface area (Å²) >= 11 is 0. The molecule has 0 aromatic heterocycles. The summed E-state index contributed by atoms with van der Waals surface area (Å²) < 4.78 is 5.43. The number of nitrogens with zero attached hydrogens (tertiary/aromatic N) is 2. The zero-order valence-corrected chi connectivity index (χ0v) is 31.6. The van der Waals surface area contributed by atoms with Gasteiger partial charge in [0.25, 0.3) is 5.91 Å². The van der Waals surface area contributed by atoms with Gasteiger partial charge in [0.2, 0.25) is 29.4 Å². The van der Waals surface area contributed by atoms with Crippen LogP contribution in [-0.4, -0.2) is 102 Å². The Morgan fingerprint density at radius 2 is 1.53 bits per heavy atom. The molecule has 5 unspecified atom stereocenters. The van der Waals surface area contributed by atoms with E-state index >= 15 is 0 Å². The van der Waals surface area contributed by atoms with Crippen molar-refractivity contribution in [2.75, 3.05) is 20.6 Å². The minimum Gasteiger partial charge on any atom is -0.444 e. The van der Waals surface area contributed by atoms with Gasteiger partial charge in [0, 0.05) is 20.1 Å². The molecule has 1 aliphatic heterocycles. The molecule has 4 N–H and O–H groups in total. The molecule has 14 nitrogen and oxygen atoms in total. The van der Waals surface area contributed by atoms with Crippen molar-refractivity contribution in [1.29, 1.82) is 0 Å². The summed E-state index contributed by atoms with van der Waals surface area (Å²) in [5, 5.41) is 10.4. The molecule has 1 aliphatic carbocycles. The van der Waals surface area contributed by atoms with Gasteiger partial charge >= 0.3 is 6.09 Å². The number of ether oxygens (including phenoxy) is 1. The standard InChI is InChI=1S/C37H56N6O8/c1-21(2)18-25(29(45)32(47)38-20-26(44)40-27(33(48)42(9)10)22-14-12-11-13-15-22)39-31(46)28-23-16-17-24(19-23)43(28)34(49)30(36(3,4)5)41-35(50)51-37(6,7)8/h11-15,21,23-25,27-28,30H,16-20H2,1-10H3,(H,38,47)(H,39,46)(H,40,44)(H,41,50)/t23?,24?,25?,27?,28?,30-/m0/s1. The van der Waals surface area contributed by atoms with E-state index in [-0.39, 0.29) is 30.2 Å². The number of piperidine rings is 1. The third-order valence-electron chi connectivity index (χ3n) is 8.98. The van der Waals surface area contributed by atoms with Crippen molar-refractivity contribution in [3.8, 4) is 0 Å². The van der Waals surface area contributed by atoms with Crippen molar-refractivity contribution in [3.05, 3.63) is 35.9 Å². The second-order valence-electron chi connectivity index (χ2n) is 16.2. The summed E-state index contributed by atoms with van der Waals surface area (Å²) in [5.41, 5.74) is -0.957. The van der Waals surface area contributed by atoms with Crippen LogP contribution < -0.4 is 21.3 Å². The molecule has 0 radical (unpaired) electrons. The lowest BCUT2D eigenvalue weighted by atomic mass is 9.85. The number of ketones is 1. The number of Topliss-reactive ketones (excluding diaryl/α,β-unsaturated/α-hetero) is 1. The molecule has 282 valence electrons. The molecule has 1 saturated carbocycles. The number of carbonyl (C=O) groups is 7. The number of likely N-dealkylation sites (N-methyl/N-ethyl adjacent to an activating group) is 1. The number of carbonyl (C=O) groups excluding carboxylic acids is 7. The molecule has 14 heteroatoms. The van der Waals surface area contributed by atoms with Gasteiger partial charge in [-0.2, -0.15) is 0 Å². The number of benzene rings is 1. The Hall–Kier alpha value is -4.49. The molecule has 2 fully saturated rings. The molecule has 0 spiro atoms. The fourth-order valence-corrected chi connectivity index (χ4v) is 6.64. The number of likely N-dealkylation sites (tertiary alicyclic amines) is 1. The van der Waals surface area contributed by atoms with Crippen LogP contribution in [0.5, 0.6) is 0 Å². The number of fused-ring (bicyclic) bond motifs is 2. The van der Waals surface area contributed by atoms with Crippen LogP contribution in [0.2, 0.25) is 0 Å². The Kier molecular flexibility index (Phi) is 13.4. The first-order valence-corrected chi connectivity index (χ1v) is 17.6. The van der Waals surface area contributed by atoms with E-state index in [1.54, 1.807) is 65.2 Å². The predicted molar refractivity (Wildman–Crippen MR) is 190 cm³/mol. The van der Waals surface area contributed by atoms with E-state index in [0.29, 0.717) is 24.8 Å². The number of hydrogen-bond acceptors (Lipinski definition) is 8. The van der Waals surface area contributed by atoms with Crippen LogP contribution in [0.3, 0.4) is 0 Å². The Morgan fingerprint density at radius 1 is 0.902 bits per heavy atom. The highest BCUT2D eigenvalue weighted by Crippen LogP contribution is 2.43. The van der Waals surface area contributed by atoms with Crippen LogP contribution in [0.1, 0.15) is 92.7 Å². The molecular weight excluding hydrogens is 656 g/mol. The normalized spacial score (nSPS) is 20.1. The van der Waals surface area contributed by atoms with E-state index in [1.807, 2.05) is 34.6 Å². The summed E-state index contributed by atoms with van der Waals surface area (Å²) in [6, 6.07) is 4.29. The minimum atomic E-state index is -1.22. The Bertz CT molecular complexity index is 1470. The summed E-state index contributed by atoms with van der Waals surface area (Å²) in [4.78, 5) is 96.0. The zero-order chi connectivity index (χ0) is 38.4. The first-order chi connectivity index (χ1) is 23.6. The van der Waals surface area contributed by atoms with Gasteiger partial charge in [-0.25, -0.2) is 4.79 Å². The van der Waals surface area contributed by atoms with E-state index in [2.05, 4.69) is 21.3 Å². The molecule has 6 amide bonds. The quantitative estimate of drug-likeness (QED) is 0.225. The molecule has 1 aromatic rings. The molecule has 1 saturated heterocycles. The summed E-state index contributed by atoms with van der Waals surface area (Å²) in [6.45, 7) is 13.7. The Balaban J connectivity index is 1.74. The topological polar surface area (TPSA) is 183 Å². The molecule has 1 aromatic carbocycles. The highest BCUT2D eigenvalue weighted by Gasteiger charge is 2.54. The number of nitrogens with one attached hydrogen (secondary N) is 4. The minimum absolute atomic E-state index is 0.0971. The molecule has 3 rings (SSSR count). The fraction of sp³-hybridized carbons (Fsp3) is 0.649. The average molecular weight is 713 g/mol. The molecule has 51 heavy (non-hydrogen) atoms. The van der Waals surface area contributed by atoms with Gasteiger partial charge < -0.3 is 35.8 Å². The van der Waals surface area contributed by atoms with Crippen molar-refractivity contribution >= 4 is 41.4 Å². The van der Waals surface area contributed by atoms with E-state index < -0.39 is 77.2 Å². The van der Waals surface area contributed by atoms with Crippen LogP contribution in [0.15, 0.2) is 30.3 Å². The second kappa shape index (κ2) is 16.7. The molecule has 1 heterocycles. The third-order valence-corrected chi connectivity index (χ3v) is 8.98. The Labute approximate surface area is 301 Å². The maximum atomic E-state index is 14.2. The van der Waals surface area contributed by atoms with Gasteiger partial charge in [0.15, 0.2) is 0 Å². The fourth-order valence-electron chi connectivity index (χ4n) is 6.64. The molecular formula is C37H56N6O8. The van der Waals surface area contributed by atoms with Crippen LogP contribution >= 0.6 is 0 Å². The van der Waals surface area contributed by atoms with Crippen LogP contribution in [0.25, 0.3) is 0 Å². The highest BCUT2D eigenvalue weighted by molar-refractivity contribution is 6.38. The predicted octanol–water partition coefficient (Wildman–Crippen LogP) is 2.47. The summed E-state index contributed by atoms with van der Waals surface area (Å²) in [5.74, 6) is -4.30. The summed E-state index contributed by atoms with van der Waals surface area (Å²) in [6.07, 6.45) is 1.41. The number of alkyl carbamates (subject to hydrolysis) is 1. The number of amides is 6. The largest absolute Gasteiger partial charge is 0.444 e. The van der Waals surface area contributed by atoms with Gasteiger partial charge in [0.05, 0.1) is 12.6 Å². The van der Waals surface area contributed by atoms with E-state index in [4.69, 9.17) is 4.74 Å². The van der Waals surface area contributed by atoms with Crippen LogP contribution in [0.4, 0.5) is 4.79 Å². The van der Waals surface area contributed by atoms with Gasteiger partial charge in [-0.1, -0.05) is 65.0 Å². The summed E-state index contributed by atoms with van der Waals surface area (Å²) in [7, 11) is 3.12. The maximum absolute atomic E-state index is 14.2. The van der Waals surface area contributed by atoms with E-state index in [1.165, 1.54) is 9.80 Å². The molecule has 6 atom stereocenters. The van der Waals surface area contributed by atoms with Crippen LogP contribution in [-0.2, 0) is 33.5 Å². The Morgan fingerprint density at radius 3 is 2.08 bits per heavy atom. The number of hydrogen-bond donors (Lipinski definition) is 4. The second-order valence-corrected chi connectivity index (χ2v) is 16.2. The van der Waals surface area contributed by atoms with Gasteiger partial charge in [-0.15, -0.1) is 0 Å². The highest BCUT2D eigenvalue weighted by atomic mass is 16.6. The van der Waals surface area contributed by atoms with Crippen molar-refractivity contribution in [2.45, 2.75) is 117 Å². The van der Waals surface area contributed by atoms with Crippen molar-refractivity contribution in [1.82, 2.24) is 31.1 Å². The van der Waals surface area contributed by atoms with Crippen molar-refractivity contribution < 1.29 is 38.3 Å². The lowest BCUT2D eigenvalue weighted by molar-refractivity contribution is -0.147. The smallest absolute Gasteiger partial charge is 0.408 e.